The maximum atomic E-state index is 5.86. The van der Waals surface area contributed by atoms with Crippen molar-refractivity contribution in [1.82, 2.24) is 4.98 Å². The summed E-state index contributed by atoms with van der Waals surface area (Å²) < 4.78 is 0. The lowest BCUT2D eigenvalue weighted by Gasteiger charge is -2.13. The van der Waals surface area contributed by atoms with Crippen molar-refractivity contribution in [3.63, 3.8) is 0 Å². The number of hydrogen-bond acceptors (Lipinski definition) is 3. The summed E-state index contributed by atoms with van der Waals surface area (Å²) in [7, 11) is 0. The normalized spacial score (nSPS) is 12.1. The van der Waals surface area contributed by atoms with E-state index in [9.17, 15) is 0 Å². The van der Waals surface area contributed by atoms with Gasteiger partial charge < -0.3 is 11.1 Å². The Morgan fingerprint density at radius 1 is 1.26 bits per heavy atom. The molecule has 3 N–H and O–H groups in total. The maximum Gasteiger partial charge on any atom is 0.133 e. The van der Waals surface area contributed by atoms with Crippen LogP contribution in [0.4, 0.5) is 11.5 Å². The van der Waals surface area contributed by atoms with Crippen LogP contribution in [0.2, 0.25) is 5.15 Å². The minimum absolute atomic E-state index is 0.415. The first kappa shape index (κ1) is 13.7. The molecular weight excluding hydrogens is 258 g/mol. The molecule has 100 valence electrons. The van der Waals surface area contributed by atoms with Gasteiger partial charge in [-0.3, -0.25) is 0 Å². The smallest absolute Gasteiger partial charge is 0.133 e. The van der Waals surface area contributed by atoms with Crippen molar-refractivity contribution >= 4 is 23.1 Å². The lowest BCUT2D eigenvalue weighted by molar-refractivity contribution is 0.705. The van der Waals surface area contributed by atoms with Crippen LogP contribution in [0.5, 0.6) is 0 Å². The molecule has 0 saturated carbocycles. The van der Waals surface area contributed by atoms with E-state index < -0.39 is 0 Å². The average Bonchev–Trinajstić information content (AvgIpc) is 2.38. The molecule has 0 aliphatic carbocycles. The number of rotatable bonds is 5. The first-order chi connectivity index (χ1) is 9.15. The molecule has 0 fully saturated rings. The van der Waals surface area contributed by atoms with Gasteiger partial charge in [0.05, 0.1) is 0 Å². The standard InChI is InChI=1S/C15H18ClN3/c1-11(12-5-3-2-4-6-12)7-8-18-15-10-13(17)9-14(16)19-15/h2-6,9-11H,7-8H2,1H3,(H3,17,18,19). The van der Waals surface area contributed by atoms with Crippen LogP contribution in [0.15, 0.2) is 42.5 Å². The molecule has 0 aliphatic heterocycles. The molecule has 0 aliphatic rings. The minimum atomic E-state index is 0.415. The van der Waals surface area contributed by atoms with E-state index in [1.54, 1.807) is 12.1 Å². The van der Waals surface area contributed by atoms with Crippen molar-refractivity contribution in [2.24, 2.45) is 0 Å². The predicted octanol–water partition coefficient (Wildman–Crippen LogP) is 3.92. The van der Waals surface area contributed by atoms with E-state index in [4.69, 9.17) is 17.3 Å². The van der Waals surface area contributed by atoms with Gasteiger partial charge in [0.25, 0.3) is 0 Å². The summed E-state index contributed by atoms with van der Waals surface area (Å²) in [5.41, 5.74) is 7.69. The number of pyridine rings is 1. The fraction of sp³-hybridized carbons (Fsp3) is 0.267. The third-order valence-electron chi connectivity index (χ3n) is 3.07. The Kier molecular flexibility index (Phi) is 4.63. The zero-order valence-corrected chi connectivity index (χ0v) is 11.7. The molecule has 0 spiro atoms. The fourth-order valence-electron chi connectivity index (χ4n) is 1.97. The molecule has 2 aromatic rings. The van der Waals surface area contributed by atoms with Crippen LogP contribution in [0.1, 0.15) is 24.8 Å². The number of anilines is 2. The number of nitrogens with two attached hydrogens (primary N) is 1. The summed E-state index contributed by atoms with van der Waals surface area (Å²) in [5.74, 6) is 1.23. The van der Waals surface area contributed by atoms with Gasteiger partial charge in [-0.2, -0.15) is 0 Å². The molecule has 4 heteroatoms. The molecular formula is C15H18ClN3. The predicted molar refractivity (Wildman–Crippen MR) is 81.6 cm³/mol. The molecule has 0 bridgehead atoms. The Morgan fingerprint density at radius 3 is 2.68 bits per heavy atom. The molecule has 1 atom stereocenters. The van der Waals surface area contributed by atoms with E-state index in [0.717, 1.165) is 18.8 Å². The first-order valence-electron chi connectivity index (χ1n) is 6.37. The van der Waals surface area contributed by atoms with E-state index in [2.05, 4.69) is 41.5 Å². The quantitative estimate of drug-likeness (QED) is 0.813. The van der Waals surface area contributed by atoms with Gasteiger partial charge in [0.2, 0.25) is 0 Å². The van der Waals surface area contributed by atoms with E-state index in [-0.39, 0.29) is 0 Å². The van der Waals surface area contributed by atoms with Crippen molar-refractivity contribution in [2.75, 3.05) is 17.6 Å². The topological polar surface area (TPSA) is 50.9 Å². The van der Waals surface area contributed by atoms with Gasteiger partial charge in [-0.25, -0.2) is 4.98 Å². The third-order valence-corrected chi connectivity index (χ3v) is 3.26. The van der Waals surface area contributed by atoms with Crippen LogP contribution in [0.25, 0.3) is 0 Å². The summed E-state index contributed by atoms with van der Waals surface area (Å²) in [5, 5.41) is 3.67. The molecule has 3 nitrogen and oxygen atoms in total. The zero-order valence-electron chi connectivity index (χ0n) is 10.9. The number of nitrogens with one attached hydrogen (secondary N) is 1. The highest BCUT2D eigenvalue weighted by atomic mass is 35.5. The number of benzene rings is 1. The lowest BCUT2D eigenvalue weighted by atomic mass is 9.98. The highest BCUT2D eigenvalue weighted by molar-refractivity contribution is 6.29. The van der Waals surface area contributed by atoms with E-state index in [1.165, 1.54) is 5.56 Å². The summed E-state index contributed by atoms with van der Waals surface area (Å²) in [6.07, 6.45) is 1.03. The highest BCUT2D eigenvalue weighted by Gasteiger charge is 2.05. The van der Waals surface area contributed by atoms with Gasteiger partial charge in [0, 0.05) is 18.3 Å². The SMILES string of the molecule is CC(CCNc1cc(N)cc(Cl)n1)c1ccccc1. The molecule has 1 unspecified atom stereocenters. The lowest BCUT2D eigenvalue weighted by Crippen LogP contribution is -2.07. The van der Waals surface area contributed by atoms with Crippen LogP contribution >= 0.6 is 11.6 Å². The van der Waals surface area contributed by atoms with Crippen molar-refractivity contribution in [3.05, 3.63) is 53.2 Å². The van der Waals surface area contributed by atoms with Gasteiger partial charge in [0.1, 0.15) is 11.0 Å². The number of aromatic nitrogens is 1. The Labute approximate surface area is 118 Å². The Balaban J connectivity index is 1.86. The Morgan fingerprint density at radius 2 is 2.00 bits per heavy atom. The van der Waals surface area contributed by atoms with Crippen molar-refractivity contribution in [3.8, 4) is 0 Å². The molecule has 2 rings (SSSR count). The summed E-state index contributed by atoms with van der Waals surface area (Å²) in [4.78, 5) is 4.18. The maximum absolute atomic E-state index is 5.86. The summed E-state index contributed by atoms with van der Waals surface area (Å²) in [6, 6.07) is 13.9. The Bertz CT molecular complexity index is 508. The van der Waals surface area contributed by atoms with Crippen LogP contribution in [0, 0.1) is 0 Å². The average molecular weight is 276 g/mol. The largest absolute Gasteiger partial charge is 0.399 e. The zero-order chi connectivity index (χ0) is 13.7. The van der Waals surface area contributed by atoms with Gasteiger partial charge in [-0.05, 0) is 24.0 Å². The molecule has 0 saturated heterocycles. The third kappa shape index (κ3) is 4.14. The second-order valence-corrected chi connectivity index (χ2v) is 5.02. The Hall–Kier alpha value is -1.74. The molecule has 0 radical (unpaired) electrons. The first-order valence-corrected chi connectivity index (χ1v) is 6.75. The molecule has 1 heterocycles. The highest BCUT2D eigenvalue weighted by Crippen LogP contribution is 2.19. The molecule has 19 heavy (non-hydrogen) atoms. The second kappa shape index (κ2) is 6.43. The van der Waals surface area contributed by atoms with Crippen LogP contribution in [-0.2, 0) is 0 Å². The number of halogens is 1. The molecule has 1 aromatic heterocycles. The van der Waals surface area contributed by atoms with Crippen molar-refractivity contribution < 1.29 is 0 Å². The monoisotopic (exact) mass is 275 g/mol. The number of hydrogen-bond donors (Lipinski definition) is 2. The van der Waals surface area contributed by atoms with Crippen LogP contribution < -0.4 is 11.1 Å². The van der Waals surface area contributed by atoms with Gasteiger partial charge in [-0.1, -0.05) is 48.9 Å². The molecule has 0 amide bonds. The van der Waals surface area contributed by atoms with Gasteiger partial charge in [0.15, 0.2) is 0 Å². The van der Waals surface area contributed by atoms with Crippen LogP contribution in [-0.4, -0.2) is 11.5 Å². The van der Waals surface area contributed by atoms with Crippen molar-refractivity contribution in [1.29, 1.82) is 0 Å². The minimum Gasteiger partial charge on any atom is -0.399 e. The summed E-state index contributed by atoms with van der Waals surface area (Å²) >= 11 is 5.86. The number of nitrogen functional groups attached to an aromatic ring is 1. The van der Waals surface area contributed by atoms with E-state index in [1.807, 2.05) is 6.07 Å². The van der Waals surface area contributed by atoms with E-state index >= 15 is 0 Å². The van der Waals surface area contributed by atoms with Gasteiger partial charge in [-0.15, -0.1) is 0 Å². The van der Waals surface area contributed by atoms with Crippen LogP contribution in [0.3, 0.4) is 0 Å². The number of nitrogens with zero attached hydrogens (tertiary/aromatic N) is 1. The van der Waals surface area contributed by atoms with Crippen molar-refractivity contribution in [2.45, 2.75) is 19.3 Å². The van der Waals surface area contributed by atoms with E-state index in [0.29, 0.717) is 16.8 Å². The fourth-order valence-corrected chi connectivity index (χ4v) is 2.19. The summed E-state index contributed by atoms with van der Waals surface area (Å²) in [6.45, 7) is 3.06. The van der Waals surface area contributed by atoms with Gasteiger partial charge >= 0.3 is 0 Å². The molecule has 1 aromatic carbocycles. The second-order valence-electron chi connectivity index (χ2n) is 4.64.